The molecule has 0 N–H and O–H groups in total. The summed E-state index contributed by atoms with van der Waals surface area (Å²) >= 11 is 0. The lowest BCUT2D eigenvalue weighted by molar-refractivity contribution is 0.0262. The lowest BCUT2D eigenvalue weighted by Crippen LogP contribution is -2.26. The molecule has 88 valence electrons. The highest BCUT2D eigenvalue weighted by molar-refractivity contribution is 5.15. The zero-order valence-electron chi connectivity index (χ0n) is 9.95. The van der Waals surface area contributed by atoms with Crippen LogP contribution in [0, 0.1) is 0 Å². The fraction of sp³-hybridized carbons (Fsp3) is 0.571. The molecule has 2 rings (SSSR count). The molecule has 1 aliphatic rings. The van der Waals surface area contributed by atoms with Crippen molar-refractivity contribution in [2.24, 2.45) is 0 Å². The highest BCUT2D eigenvalue weighted by atomic mass is 16.5. The quantitative estimate of drug-likeness (QED) is 0.718. The smallest absolute Gasteiger partial charge is 0.0938 e. The van der Waals surface area contributed by atoms with Crippen LogP contribution in [0.3, 0.4) is 0 Å². The average Bonchev–Trinajstić information content (AvgIpc) is 2.80. The average molecular weight is 220 g/mol. The molecular weight excluding hydrogens is 200 g/mol. The molecular formula is C14H20O2. The zero-order valence-corrected chi connectivity index (χ0v) is 9.95. The Balaban J connectivity index is 2.00. The van der Waals surface area contributed by atoms with Crippen LogP contribution in [-0.2, 0) is 4.74 Å². The van der Waals surface area contributed by atoms with E-state index in [9.17, 15) is 0 Å². The first-order valence-corrected chi connectivity index (χ1v) is 6.05. The monoisotopic (exact) mass is 220 g/mol. The summed E-state index contributed by atoms with van der Waals surface area (Å²) < 4.78 is 11.1. The molecule has 0 aliphatic heterocycles. The number of ether oxygens (including phenoxy) is 1. The van der Waals surface area contributed by atoms with Crippen molar-refractivity contribution < 1.29 is 9.15 Å². The largest absolute Gasteiger partial charge is 0.472 e. The molecule has 2 atom stereocenters. The molecule has 2 heteroatoms. The predicted octanol–water partition coefficient (Wildman–Crippen LogP) is 3.90. The van der Waals surface area contributed by atoms with E-state index in [1.54, 1.807) is 6.26 Å². The van der Waals surface area contributed by atoms with Crippen molar-refractivity contribution in [2.75, 3.05) is 6.61 Å². The van der Waals surface area contributed by atoms with Crippen molar-refractivity contribution in [1.29, 1.82) is 0 Å². The van der Waals surface area contributed by atoms with E-state index >= 15 is 0 Å². The molecule has 0 saturated heterocycles. The summed E-state index contributed by atoms with van der Waals surface area (Å²) in [5, 5.41) is 0. The molecule has 0 bridgehead atoms. The van der Waals surface area contributed by atoms with E-state index in [2.05, 4.69) is 12.6 Å². The molecule has 2 nitrogen and oxygen atoms in total. The maximum absolute atomic E-state index is 5.94. The van der Waals surface area contributed by atoms with Gasteiger partial charge in [-0.1, -0.05) is 25.0 Å². The van der Waals surface area contributed by atoms with Crippen LogP contribution >= 0.6 is 0 Å². The summed E-state index contributed by atoms with van der Waals surface area (Å²) in [6, 6.07) is 2.06. The molecule has 0 spiro atoms. The van der Waals surface area contributed by atoms with E-state index < -0.39 is 0 Å². The standard InChI is InChI=1S/C14H20O2/c1-11(2)9-16-14-6-4-3-5-13(14)12-7-8-15-10-12/h7-8,10,13-14H,1,3-6,9H2,2H3/t13-,14+/m1/s1. The summed E-state index contributed by atoms with van der Waals surface area (Å²) in [6.45, 7) is 6.57. The maximum Gasteiger partial charge on any atom is 0.0938 e. The third-order valence-electron chi connectivity index (χ3n) is 3.22. The Hall–Kier alpha value is -1.02. The molecule has 1 fully saturated rings. The van der Waals surface area contributed by atoms with Crippen LogP contribution in [-0.4, -0.2) is 12.7 Å². The van der Waals surface area contributed by atoms with Gasteiger partial charge in [-0.25, -0.2) is 0 Å². The fourth-order valence-electron chi connectivity index (χ4n) is 2.41. The van der Waals surface area contributed by atoms with Crippen LogP contribution < -0.4 is 0 Å². The van der Waals surface area contributed by atoms with E-state index in [1.807, 2.05) is 13.2 Å². The Labute approximate surface area is 97.3 Å². The lowest BCUT2D eigenvalue weighted by Gasteiger charge is -2.31. The minimum Gasteiger partial charge on any atom is -0.472 e. The Morgan fingerprint density at radius 2 is 2.31 bits per heavy atom. The molecule has 1 aliphatic carbocycles. The van der Waals surface area contributed by atoms with Crippen molar-refractivity contribution in [3.63, 3.8) is 0 Å². The van der Waals surface area contributed by atoms with Gasteiger partial charge in [0.2, 0.25) is 0 Å². The molecule has 1 heterocycles. The highest BCUT2D eigenvalue weighted by Gasteiger charge is 2.27. The van der Waals surface area contributed by atoms with Gasteiger partial charge in [-0.2, -0.15) is 0 Å². The van der Waals surface area contributed by atoms with Crippen molar-refractivity contribution in [3.8, 4) is 0 Å². The second-order valence-electron chi connectivity index (χ2n) is 4.75. The number of rotatable bonds is 4. The van der Waals surface area contributed by atoms with Crippen LogP contribution in [0.1, 0.15) is 44.1 Å². The van der Waals surface area contributed by atoms with E-state index in [1.165, 1.54) is 24.8 Å². The fourth-order valence-corrected chi connectivity index (χ4v) is 2.41. The second-order valence-corrected chi connectivity index (χ2v) is 4.75. The molecule has 0 radical (unpaired) electrons. The summed E-state index contributed by atoms with van der Waals surface area (Å²) in [4.78, 5) is 0. The Morgan fingerprint density at radius 1 is 1.50 bits per heavy atom. The number of hydrogen-bond donors (Lipinski definition) is 0. The summed E-state index contributed by atoms with van der Waals surface area (Å²) in [6.07, 6.45) is 8.87. The maximum atomic E-state index is 5.94. The first-order valence-electron chi connectivity index (χ1n) is 6.05. The van der Waals surface area contributed by atoms with E-state index in [-0.39, 0.29) is 0 Å². The van der Waals surface area contributed by atoms with Gasteiger partial charge < -0.3 is 9.15 Å². The molecule has 1 aromatic heterocycles. The molecule has 0 aromatic carbocycles. The molecule has 16 heavy (non-hydrogen) atoms. The summed E-state index contributed by atoms with van der Waals surface area (Å²) in [7, 11) is 0. The van der Waals surface area contributed by atoms with Gasteiger partial charge in [0, 0.05) is 5.92 Å². The SMILES string of the molecule is C=C(C)CO[C@H]1CCCC[C@@H]1c1ccoc1. The van der Waals surface area contributed by atoms with Crippen LogP contribution in [0.5, 0.6) is 0 Å². The molecule has 0 amide bonds. The third kappa shape index (κ3) is 2.76. The second kappa shape index (κ2) is 5.35. The number of furan rings is 1. The summed E-state index contributed by atoms with van der Waals surface area (Å²) in [5.41, 5.74) is 2.38. The van der Waals surface area contributed by atoms with Crippen molar-refractivity contribution in [2.45, 2.75) is 44.6 Å². The highest BCUT2D eigenvalue weighted by Crippen LogP contribution is 2.35. The topological polar surface area (TPSA) is 22.4 Å². The number of hydrogen-bond acceptors (Lipinski definition) is 2. The van der Waals surface area contributed by atoms with E-state index in [0.29, 0.717) is 18.6 Å². The first kappa shape index (κ1) is 11.5. The third-order valence-corrected chi connectivity index (χ3v) is 3.22. The predicted molar refractivity (Wildman–Crippen MR) is 64.5 cm³/mol. The van der Waals surface area contributed by atoms with Crippen LogP contribution in [0.15, 0.2) is 35.2 Å². The van der Waals surface area contributed by atoms with Gasteiger partial charge in [-0.3, -0.25) is 0 Å². The summed E-state index contributed by atoms with van der Waals surface area (Å²) in [5.74, 6) is 0.506. The van der Waals surface area contributed by atoms with Gasteiger partial charge in [0.25, 0.3) is 0 Å². The van der Waals surface area contributed by atoms with Gasteiger partial charge in [0.1, 0.15) is 0 Å². The van der Waals surface area contributed by atoms with Gasteiger partial charge in [-0.05, 0) is 31.4 Å². The van der Waals surface area contributed by atoms with Crippen LogP contribution in [0.2, 0.25) is 0 Å². The lowest BCUT2D eigenvalue weighted by atomic mass is 9.82. The molecule has 1 saturated carbocycles. The molecule has 0 unspecified atom stereocenters. The normalized spacial score (nSPS) is 25.6. The Bertz CT molecular complexity index is 327. The van der Waals surface area contributed by atoms with E-state index in [0.717, 1.165) is 12.0 Å². The van der Waals surface area contributed by atoms with Gasteiger partial charge >= 0.3 is 0 Å². The Kier molecular flexibility index (Phi) is 3.83. The minimum atomic E-state index is 0.336. The van der Waals surface area contributed by atoms with Crippen molar-refractivity contribution >= 4 is 0 Å². The van der Waals surface area contributed by atoms with Gasteiger partial charge in [-0.15, -0.1) is 0 Å². The first-order chi connectivity index (χ1) is 7.77. The zero-order chi connectivity index (χ0) is 11.4. The van der Waals surface area contributed by atoms with Crippen LogP contribution in [0.25, 0.3) is 0 Å². The van der Waals surface area contributed by atoms with Gasteiger partial charge in [0.15, 0.2) is 0 Å². The van der Waals surface area contributed by atoms with Gasteiger partial charge in [0.05, 0.1) is 25.2 Å². The van der Waals surface area contributed by atoms with Crippen molar-refractivity contribution in [1.82, 2.24) is 0 Å². The molecule has 1 aromatic rings. The Morgan fingerprint density at radius 3 is 3.00 bits per heavy atom. The minimum absolute atomic E-state index is 0.336. The van der Waals surface area contributed by atoms with Crippen LogP contribution in [0.4, 0.5) is 0 Å². The van der Waals surface area contributed by atoms with E-state index in [4.69, 9.17) is 9.15 Å². The van der Waals surface area contributed by atoms with Crippen molar-refractivity contribution in [3.05, 3.63) is 36.3 Å².